The molecule has 2 N–H and O–H groups in total. The Bertz CT molecular complexity index is 936. The normalized spacial score (nSPS) is 19.1. The van der Waals surface area contributed by atoms with Gasteiger partial charge in [-0.05, 0) is 36.6 Å². The van der Waals surface area contributed by atoms with Crippen molar-refractivity contribution >= 4 is 5.91 Å². The molecule has 0 radical (unpaired) electrons. The molecule has 1 amide bonds. The molecule has 1 aliphatic heterocycles. The molecule has 0 unspecified atom stereocenters. The first-order chi connectivity index (χ1) is 13.7. The first kappa shape index (κ1) is 18.4. The lowest BCUT2D eigenvalue weighted by Gasteiger charge is -2.17. The van der Waals surface area contributed by atoms with Crippen molar-refractivity contribution in [1.82, 2.24) is 14.7 Å². The number of nitrogens with zero attached hydrogens (tertiary/aromatic N) is 3. The lowest BCUT2D eigenvalue weighted by Crippen LogP contribution is -2.30. The Labute approximate surface area is 165 Å². The van der Waals surface area contributed by atoms with Crippen LogP contribution in [0.5, 0.6) is 0 Å². The quantitative estimate of drug-likeness (QED) is 0.746. The number of rotatable bonds is 5. The molecule has 1 aliphatic rings. The third kappa shape index (κ3) is 3.34. The van der Waals surface area contributed by atoms with E-state index < -0.39 is 0 Å². The van der Waals surface area contributed by atoms with E-state index in [1.807, 2.05) is 58.1 Å². The van der Waals surface area contributed by atoms with Gasteiger partial charge in [0.1, 0.15) is 0 Å². The largest absolute Gasteiger partial charge is 0.338 e. The summed E-state index contributed by atoms with van der Waals surface area (Å²) < 4.78 is 1.87. The van der Waals surface area contributed by atoms with Crippen LogP contribution < -0.4 is 5.73 Å². The third-order valence-corrected chi connectivity index (χ3v) is 5.69. The van der Waals surface area contributed by atoms with Crippen molar-refractivity contribution in [3.05, 3.63) is 83.7 Å². The molecule has 4 rings (SSSR count). The standard InChI is InChI=1S/C23H26N4O/c1-2-22-20(14-25-27(22)19-11-7-4-8-12-19)23(28)26-15-18(13-24)21(16-26)17-9-5-3-6-10-17/h3-12,14,18,21H,2,13,15-16,24H2,1H3/t18-,21+/m1/s1. The van der Waals surface area contributed by atoms with Crippen molar-refractivity contribution in [2.45, 2.75) is 19.3 Å². The molecule has 144 valence electrons. The summed E-state index contributed by atoms with van der Waals surface area (Å²) in [7, 11) is 0. The highest BCUT2D eigenvalue weighted by Crippen LogP contribution is 2.33. The van der Waals surface area contributed by atoms with Gasteiger partial charge in [0.15, 0.2) is 0 Å². The maximum atomic E-state index is 13.3. The maximum absolute atomic E-state index is 13.3. The summed E-state index contributed by atoms with van der Waals surface area (Å²) in [6, 6.07) is 20.3. The molecule has 1 saturated heterocycles. The van der Waals surface area contributed by atoms with Crippen molar-refractivity contribution < 1.29 is 4.79 Å². The summed E-state index contributed by atoms with van der Waals surface area (Å²) in [6.07, 6.45) is 2.45. The van der Waals surface area contributed by atoms with Crippen LogP contribution in [0.3, 0.4) is 0 Å². The van der Waals surface area contributed by atoms with Gasteiger partial charge in [0.2, 0.25) is 0 Å². The maximum Gasteiger partial charge on any atom is 0.257 e. The van der Waals surface area contributed by atoms with Gasteiger partial charge in [0.05, 0.1) is 23.1 Å². The number of para-hydroxylation sites is 1. The summed E-state index contributed by atoms with van der Waals surface area (Å²) in [5, 5.41) is 4.51. The van der Waals surface area contributed by atoms with Gasteiger partial charge in [0, 0.05) is 19.0 Å². The second kappa shape index (κ2) is 7.98. The molecule has 5 heteroatoms. The molecule has 5 nitrogen and oxygen atoms in total. The molecule has 1 fully saturated rings. The molecule has 2 atom stereocenters. The number of hydrogen-bond acceptors (Lipinski definition) is 3. The summed E-state index contributed by atoms with van der Waals surface area (Å²) in [4.78, 5) is 15.3. The van der Waals surface area contributed by atoms with Crippen LogP contribution >= 0.6 is 0 Å². The lowest BCUT2D eigenvalue weighted by molar-refractivity contribution is 0.0785. The molecule has 0 saturated carbocycles. The van der Waals surface area contributed by atoms with Crippen molar-refractivity contribution in [1.29, 1.82) is 0 Å². The van der Waals surface area contributed by atoms with E-state index in [0.717, 1.165) is 17.8 Å². The molecule has 0 aliphatic carbocycles. The van der Waals surface area contributed by atoms with E-state index in [4.69, 9.17) is 5.73 Å². The molecule has 28 heavy (non-hydrogen) atoms. The molecular formula is C23H26N4O. The van der Waals surface area contributed by atoms with E-state index in [1.54, 1.807) is 6.20 Å². The summed E-state index contributed by atoms with van der Waals surface area (Å²) >= 11 is 0. The van der Waals surface area contributed by atoms with Crippen LogP contribution in [-0.4, -0.2) is 40.2 Å². The van der Waals surface area contributed by atoms with Crippen LogP contribution in [0.15, 0.2) is 66.9 Å². The smallest absolute Gasteiger partial charge is 0.257 e. The van der Waals surface area contributed by atoms with E-state index in [-0.39, 0.29) is 17.7 Å². The fraction of sp³-hybridized carbons (Fsp3) is 0.304. The van der Waals surface area contributed by atoms with E-state index in [9.17, 15) is 4.79 Å². The van der Waals surface area contributed by atoms with Crippen LogP contribution in [-0.2, 0) is 6.42 Å². The number of likely N-dealkylation sites (tertiary alicyclic amines) is 1. The minimum absolute atomic E-state index is 0.0518. The highest BCUT2D eigenvalue weighted by molar-refractivity contribution is 5.95. The van der Waals surface area contributed by atoms with Gasteiger partial charge in [0.25, 0.3) is 5.91 Å². The van der Waals surface area contributed by atoms with Crippen LogP contribution in [0.1, 0.15) is 34.5 Å². The first-order valence-corrected chi connectivity index (χ1v) is 9.89. The van der Waals surface area contributed by atoms with Gasteiger partial charge < -0.3 is 10.6 Å². The number of hydrogen-bond donors (Lipinski definition) is 1. The Kier molecular flexibility index (Phi) is 5.26. The molecule has 2 heterocycles. The Morgan fingerprint density at radius 1 is 1.07 bits per heavy atom. The molecule has 1 aromatic heterocycles. The predicted octanol–water partition coefficient (Wildman–Crippen LogP) is 3.25. The van der Waals surface area contributed by atoms with Crippen molar-refractivity contribution in [3.8, 4) is 5.69 Å². The molecule has 0 spiro atoms. The average Bonchev–Trinajstić information content (AvgIpc) is 3.38. The number of carbonyl (C=O) groups is 1. The highest BCUT2D eigenvalue weighted by atomic mass is 16.2. The average molecular weight is 374 g/mol. The second-order valence-electron chi connectivity index (χ2n) is 7.33. The van der Waals surface area contributed by atoms with Gasteiger partial charge in [-0.3, -0.25) is 4.79 Å². The fourth-order valence-corrected chi connectivity index (χ4v) is 4.21. The van der Waals surface area contributed by atoms with E-state index in [0.29, 0.717) is 25.2 Å². The van der Waals surface area contributed by atoms with Crippen molar-refractivity contribution in [3.63, 3.8) is 0 Å². The zero-order chi connectivity index (χ0) is 19.5. The molecule has 3 aromatic rings. The summed E-state index contributed by atoms with van der Waals surface area (Å²) in [5.74, 6) is 0.612. The lowest BCUT2D eigenvalue weighted by atomic mass is 9.89. The Balaban J connectivity index is 1.61. The second-order valence-corrected chi connectivity index (χ2v) is 7.33. The fourth-order valence-electron chi connectivity index (χ4n) is 4.21. The third-order valence-electron chi connectivity index (χ3n) is 5.69. The van der Waals surface area contributed by atoms with Crippen molar-refractivity contribution in [2.75, 3.05) is 19.6 Å². The minimum atomic E-state index is 0.0518. The Morgan fingerprint density at radius 3 is 2.39 bits per heavy atom. The Hall–Kier alpha value is -2.92. The summed E-state index contributed by atoms with van der Waals surface area (Å²) in [6.45, 7) is 4.03. The summed E-state index contributed by atoms with van der Waals surface area (Å²) in [5.41, 5.74) is 9.91. The zero-order valence-corrected chi connectivity index (χ0v) is 16.2. The van der Waals surface area contributed by atoms with E-state index in [1.165, 1.54) is 5.56 Å². The van der Waals surface area contributed by atoms with Crippen LogP contribution in [0.2, 0.25) is 0 Å². The van der Waals surface area contributed by atoms with Gasteiger partial charge in [-0.25, -0.2) is 4.68 Å². The predicted molar refractivity (Wildman–Crippen MR) is 111 cm³/mol. The monoisotopic (exact) mass is 374 g/mol. The number of benzene rings is 2. The van der Waals surface area contributed by atoms with Crippen LogP contribution in [0.4, 0.5) is 0 Å². The SMILES string of the molecule is CCc1c(C(=O)N2C[C@@H](CN)[C@H](c3ccccc3)C2)cnn1-c1ccccc1. The van der Waals surface area contributed by atoms with Gasteiger partial charge in [-0.15, -0.1) is 0 Å². The van der Waals surface area contributed by atoms with E-state index in [2.05, 4.69) is 24.2 Å². The van der Waals surface area contributed by atoms with Crippen LogP contribution in [0, 0.1) is 5.92 Å². The number of nitrogens with two attached hydrogens (primary N) is 1. The molecular weight excluding hydrogens is 348 g/mol. The van der Waals surface area contributed by atoms with Gasteiger partial charge >= 0.3 is 0 Å². The van der Waals surface area contributed by atoms with Crippen LogP contribution in [0.25, 0.3) is 5.69 Å². The van der Waals surface area contributed by atoms with Gasteiger partial charge in [-0.2, -0.15) is 5.10 Å². The molecule has 2 aromatic carbocycles. The number of amides is 1. The highest BCUT2D eigenvalue weighted by Gasteiger charge is 2.36. The molecule has 0 bridgehead atoms. The van der Waals surface area contributed by atoms with Crippen molar-refractivity contribution in [2.24, 2.45) is 11.7 Å². The number of aromatic nitrogens is 2. The first-order valence-electron chi connectivity index (χ1n) is 9.89. The number of carbonyl (C=O) groups excluding carboxylic acids is 1. The zero-order valence-electron chi connectivity index (χ0n) is 16.2. The minimum Gasteiger partial charge on any atom is -0.338 e. The topological polar surface area (TPSA) is 64.2 Å². The van der Waals surface area contributed by atoms with E-state index >= 15 is 0 Å². The Morgan fingerprint density at radius 2 is 1.75 bits per heavy atom. The van der Waals surface area contributed by atoms with Gasteiger partial charge in [-0.1, -0.05) is 55.5 Å².